The van der Waals surface area contributed by atoms with Crippen molar-refractivity contribution in [3.63, 3.8) is 0 Å². The van der Waals surface area contributed by atoms with Crippen LogP contribution in [0.4, 0.5) is 4.79 Å². The van der Waals surface area contributed by atoms with Crippen LogP contribution in [0.3, 0.4) is 0 Å². The largest absolute Gasteiger partial charge is 0.324 e. The third-order valence-electron chi connectivity index (χ3n) is 6.17. The quantitative estimate of drug-likeness (QED) is 0.155. The first-order valence-corrected chi connectivity index (χ1v) is 12.5. The van der Waals surface area contributed by atoms with Crippen molar-refractivity contribution in [1.82, 2.24) is 15.7 Å². The Kier molecular flexibility index (Phi) is 9.37. The van der Waals surface area contributed by atoms with Crippen molar-refractivity contribution >= 4 is 23.9 Å². The highest BCUT2D eigenvalue weighted by Crippen LogP contribution is 2.20. The number of nitrogens with one attached hydrogen (secondary N) is 2. The highest BCUT2D eigenvalue weighted by atomic mass is 16.5. The number of hydrogen-bond donors (Lipinski definition) is 3. The molecule has 0 saturated heterocycles. The van der Waals surface area contributed by atoms with Crippen LogP contribution in [0.1, 0.15) is 27.0 Å². The highest BCUT2D eigenvalue weighted by molar-refractivity contribution is 6.04. The predicted molar refractivity (Wildman–Crippen MR) is 151 cm³/mol. The van der Waals surface area contributed by atoms with E-state index < -0.39 is 17.8 Å². The van der Waals surface area contributed by atoms with Crippen LogP contribution in [0, 0.1) is 0 Å². The van der Waals surface area contributed by atoms with E-state index in [0.29, 0.717) is 18.5 Å². The van der Waals surface area contributed by atoms with Crippen molar-refractivity contribution < 1.29 is 19.6 Å². The third-order valence-corrected chi connectivity index (χ3v) is 6.17. The molecule has 0 unspecified atom stereocenters. The van der Waals surface area contributed by atoms with E-state index in [1.54, 1.807) is 40.7 Å². The molecule has 0 heterocycles. The number of urea groups is 1. The number of benzene rings is 4. The van der Waals surface area contributed by atoms with Crippen LogP contribution in [0.2, 0.25) is 0 Å². The minimum atomic E-state index is -0.623. The molecule has 0 bridgehead atoms. The summed E-state index contributed by atoms with van der Waals surface area (Å²) in [6.07, 6.45) is 3.39. The fourth-order valence-electron chi connectivity index (χ4n) is 4.01. The van der Waals surface area contributed by atoms with Gasteiger partial charge in [-0.3, -0.25) is 20.1 Å². The van der Waals surface area contributed by atoms with Crippen molar-refractivity contribution in [2.75, 3.05) is 6.54 Å². The summed E-state index contributed by atoms with van der Waals surface area (Å²) in [4.78, 5) is 38.6. The van der Waals surface area contributed by atoms with Crippen LogP contribution in [0.5, 0.6) is 0 Å². The lowest BCUT2D eigenvalue weighted by Gasteiger charge is -2.23. The van der Waals surface area contributed by atoms with E-state index in [-0.39, 0.29) is 6.54 Å². The standard InChI is InChI=1S/C32H29N3O4/c36-30(34-39)20-17-24-11-13-26(14-12-24)23-35(32(38)33-31(37)29-9-5-2-6-10-29)22-21-25-15-18-28(19-16-25)27-7-3-1-4-8-27/h1-20,39H,21-23H2,(H,34,36)(H,33,37,38). The van der Waals surface area contributed by atoms with Gasteiger partial charge in [-0.05, 0) is 52.4 Å². The number of carbonyl (C=O) groups is 3. The molecule has 196 valence electrons. The molecular weight excluding hydrogens is 490 g/mol. The Morgan fingerprint density at radius 2 is 1.31 bits per heavy atom. The normalized spacial score (nSPS) is 10.7. The van der Waals surface area contributed by atoms with Gasteiger partial charge in [0.05, 0.1) is 0 Å². The summed E-state index contributed by atoms with van der Waals surface area (Å²) in [6, 6.07) is 33.8. The molecule has 4 rings (SSSR count). The van der Waals surface area contributed by atoms with E-state index >= 15 is 0 Å². The van der Waals surface area contributed by atoms with Crippen molar-refractivity contribution in [1.29, 1.82) is 0 Å². The Balaban J connectivity index is 1.46. The number of amides is 4. The zero-order valence-corrected chi connectivity index (χ0v) is 21.3. The monoisotopic (exact) mass is 519 g/mol. The van der Waals surface area contributed by atoms with E-state index in [2.05, 4.69) is 41.7 Å². The smallest absolute Gasteiger partial charge is 0.320 e. The molecule has 0 spiro atoms. The minimum Gasteiger partial charge on any atom is -0.320 e. The van der Waals surface area contributed by atoms with E-state index in [9.17, 15) is 14.4 Å². The fourth-order valence-corrected chi connectivity index (χ4v) is 4.01. The number of nitrogens with zero attached hydrogens (tertiary/aromatic N) is 1. The Labute approximate surface area is 227 Å². The highest BCUT2D eigenvalue weighted by Gasteiger charge is 2.18. The molecular formula is C32H29N3O4. The van der Waals surface area contributed by atoms with Crippen LogP contribution in [-0.2, 0) is 17.8 Å². The number of hydrogen-bond acceptors (Lipinski definition) is 4. The predicted octanol–water partition coefficient (Wildman–Crippen LogP) is 5.47. The third kappa shape index (κ3) is 7.99. The molecule has 7 nitrogen and oxygen atoms in total. The topological polar surface area (TPSA) is 98.7 Å². The summed E-state index contributed by atoms with van der Waals surface area (Å²) in [6.45, 7) is 0.689. The molecule has 4 amide bonds. The van der Waals surface area contributed by atoms with Crippen LogP contribution in [0.25, 0.3) is 17.2 Å². The van der Waals surface area contributed by atoms with Crippen molar-refractivity contribution in [2.24, 2.45) is 0 Å². The number of carbonyl (C=O) groups excluding carboxylic acids is 3. The molecule has 7 heteroatoms. The molecule has 0 fully saturated rings. The average molecular weight is 520 g/mol. The molecule has 4 aromatic carbocycles. The fraction of sp³-hybridized carbons (Fsp3) is 0.0938. The van der Waals surface area contributed by atoms with Gasteiger partial charge >= 0.3 is 6.03 Å². The summed E-state index contributed by atoms with van der Waals surface area (Å²) in [5.74, 6) is -1.08. The average Bonchev–Trinajstić information content (AvgIpc) is 2.99. The van der Waals surface area contributed by atoms with Crippen LogP contribution in [-0.4, -0.2) is 34.5 Å². The zero-order valence-electron chi connectivity index (χ0n) is 21.3. The van der Waals surface area contributed by atoms with Crippen molar-refractivity contribution in [3.8, 4) is 11.1 Å². The summed E-state index contributed by atoms with van der Waals surface area (Å²) < 4.78 is 0. The van der Waals surface area contributed by atoms with E-state index in [1.807, 2.05) is 48.5 Å². The van der Waals surface area contributed by atoms with Gasteiger partial charge in [-0.2, -0.15) is 0 Å². The Bertz CT molecular complexity index is 1420. The van der Waals surface area contributed by atoms with Crippen LogP contribution >= 0.6 is 0 Å². The lowest BCUT2D eigenvalue weighted by atomic mass is 10.0. The lowest BCUT2D eigenvalue weighted by molar-refractivity contribution is -0.124. The molecule has 0 saturated carbocycles. The SMILES string of the molecule is O=C(C=Cc1ccc(CN(CCc2ccc(-c3ccccc3)cc2)C(=O)NC(=O)c2ccccc2)cc1)NO. The second kappa shape index (κ2) is 13.5. The van der Waals surface area contributed by atoms with Gasteiger partial charge < -0.3 is 4.90 Å². The molecule has 0 aliphatic carbocycles. The van der Waals surface area contributed by atoms with Crippen LogP contribution in [0.15, 0.2) is 115 Å². The molecule has 39 heavy (non-hydrogen) atoms. The summed E-state index contributed by atoms with van der Waals surface area (Å²) in [5.41, 5.74) is 6.91. The van der Waals surface area contributed by atoms with Gasteiger partial charge in [0.25, 0.3) is 11.8 Å². The maximum Gasteiger partial charge on any atom is 0.324 e. The second-order valence-corrected chi connectivity index (χ2v) is 8.91. The molecule has 3 N–H and O–H groups in total. The van der Waals surface area contributed by atoms with E-state index in [4.69, 9.17) is 5.21 Å². The van der Waals surface area contributed by atoms with Gasteiger partial charge in [-0.1, -0.05) is 97.1 Å². The Morgan fingerprint density at radius 1 is 0.718 bits per heavy atom. The molecule has 4 aromatic rings. The van der Waals surface area contributed by atoms with Gasteiger partial charge in [0.1, 0.15) is 0 Å². The van der Waals surface area contributed by atoms with Gasteiger partial charge in [0, 0.05) is 24.7 Å². The maximum absolute atomic E-state index is 13.2. The van der Waals surface area contributed by atoms with Gasteiger partial charge in [0.15, 0.2) is 0 Å². The van der Waals surface area contributed by atoms with Crippen molar-refractivity contribution in [2.45, 2.75) is 13.0 Å². The summed E-state index contributed by atoms with van der Waals surface area (Å²) in [5, 5.41) is 11.1. The summed E-state index contributed by atoms with van der Waals surface area (Å²) in [7, 11) is 0. The molecule has 0 aliphatic heterocycles. The zero-order chi connectivity index (χ0) is 27.5. The Hall–Kier alpha value is -5.01. The molecule has 0 radical (unpaired) electrons. The molecule has 0 atom stereocenters. The molecule has 0 aliphatic rings. The van der Waals surface area contributed by atoms with Gasteiger partial charge in [-0.15, -0.1) is 0 Å². The van der Waals surface area contributed by atoms with Crippen LogP contribution < -0.4 is 10.8 Å². The van der Waals surface area contributed by atoms with E-state index in [1.165, 1.54) is 6.08 Å². The first-order valence-electron chi connectivity index (χ1n) is 12.5. The number of imide groups is 1. The minimum absolute atomic E-state index is 0.289. The van der Waals surface area contributed by atoms with Crippen molar-refractivity contribution in [3.05, 3.63) is 138 Å². The summed E-state index contributed by atoms with van der Waals surface area (Å²) >= 11 is 0. The van der Waals surface area contributed by atoms with Gasteiger partial charge in [-0.25, -0.2) is 10.3 Å². The maximum atomic E-state index is 13.2. The lowest BCUT2D eigenvalue weighted by Crippen LogP contribution is -2.43. The first-order chi connectivity index (χ1) is 19.0. The Morgan fingerprint density at radius 3 is 1.95 bits per heavy atom. The number of rotatable bonds is 9. The first kappa shape index (κ1) is 27.0. The van der Waals surface area contributed by atoms with Gasteiger partial charge in [0.2, 0.25) is 0 Å². The van der Waals surface area contributed by atoms with E-state index in [0.717, 1.165) is 27.8 Å². The number of hydroxylamine groups is 1. The second-order valence-electron chi connectivity index (χ2n) is 8.91. The molecule has 0 aromatic heterocycles.